The Bertz CT molecular complexity index is 594. The Morgan fingerprint density at radius 2 is 1.94 bits per heavy atom. The normalized spacial score (nSPS) is 12.5. The Hall–Kier alpha value is -1.42. The predicted octanol–water partition coefficient (Wildman–Crippen LogP) is 0.783. The Kier molecular flexibility index (Phi) is 3.30. The number of aromatic nitrogens is 1. The molecule has 1 aromatic rings. The summed E-state index contributed by atoms with van der Waals surface area (Å²) >= 11 is 0. The second-order valence-electron chi connectivity index (χ2n) is 2.73. The number of hydrogen-bond donors (Lipinski definition) is 2. The van der Waals surface area contributed by atoms with Crippen molar-refractivity contribution >= 4 is 25.4 Å². The van der Waals surface area contributed by atoms with E-state index in [1.165, 1.54) is 4.98 Å². The lowest BCUT2D eigenvalue weighted by Gasteiger charge is -2.11. The number of anilines is 1. The first-order chi connectivity index (χ1) is 7.50. The van der Waals surface area contributed by atoms with E-state index >= 15 is 0 Å². The van der Waals surface area contributed by atoms with Crippen molar-refractivity contribution in [1.82, 2.24) is 4.98 Å². The molecule has 96 valence electrons. The number of rotatable bonds is 2. The van der Waals surface area contributed by atoms with Crippen molar-refractivity contribution in [2.45, 2.75) is 11.3 Å². The first-order valence-corrected chi connectivity index (χ1v) is 6.05. The van der Waals surface area contributed by atoms with Gasteiger partial charge in [0.15, 0.2) is 4.90 Å². The zero-order chi connectivity index (χ0) is 13.4. The molecule has 0 aromatic carbocycles. The second kappa shape index (κ2) is 4.11. The molecule has 1 aromatic heterocycles. The highest BCUT2D eigenvalue weighted by molar-refractivity contribution is 8.14. The van der Waals surface area contributed by atoms with E-state index in [4.69, 9.17) is 16.4 Å². The van der Waals surface area contributed by atoms with Crippen molar-refractivity contribution in [2.75, 3.05) is 5.73 Å². The van der Waals surface area contributed by atoms with Crippen molar-refractivity contribution in [3.63, 3.8) is 0 Å². The zero-order valence-corrected chi connectivity index (χ0v) is 9.28. The summed E-state index contributed by atoms with van der Waals surface area (Å²) in [7, 11) is 0.272. The molecule has 0 saturated carbocycles. The third kappa shape index (κ3) is 3.53. The maximum absolute atomic E-state index is 11.9. The third-order valence-corrected chi connectivity index (χ3v) is 2.82. The van der Waals surface area contributed by atoms with Crippen LogP contribution in [0.25, 0.3) is 0 Å². The minimum Gasteiger partial charge on any atom is -0.397 e. The van der Waals surface area contributed by atoms with E-state index in [0.717, 1.165) is 0 Å². The van der Waals surface area contributed by atoms with Gasteiger partial charge in [0.25, 0.3) is 14.6 Å². The Balaban J connectivity index is 3.53. The number of halogens is 4. The number of nitrogens with two attached hydrogens (primary N) is 1. The van der Waals surface area contributed by atoms with Gasteiger partial charge in [0, 0.05) is 16.7 Å². The fourth-order valence-electron chi connectivity index (χ4n) is 0.982. The predicted molar refractivity (Wildman–Crippen MR) is 51.2 cm³/mol. The molecule has 6 nitrogen and oxygen atoms in total. The molecular weight excluding hydrogens is 289 g/mol. The fraction of sp³-hybridized carbons (Fsp3) is 0.167. The van der Waals surface area contributed by atoms with Gasteiger partial charge in [-0.1, -0.05) is 0 Å². The summed E-state index contributed by atoms with van der Waals surface area (Å²) in [5.41, 5.74) is 3.28. The van der Waals surface area contributed by atoms with Gasteiger partial charge in [-0.2, -0.15) is 0 Å². The van der Waals surface area contributed by atoms with Crippen molar-refractivity contribution in [3.8, 4) is 5.88 Å². The molecule has 0 aliphatic rings. The maximum atomic E-state index is 11.9. The number of nitrogens with one attached hydrogen (secondary N) is 1. The second-order valence-corrected chi connectivity index (χ2v) is 5.24. The van der Waals surface area contributed by atoms with Crippen molar-refractivity contribution in [2.24, 2.45) is 0 Å². The van der Waals surface area contributed by atoms with Gasteiger partial charge in [-0.3, -0.25) is 9.78 Å². The van der Waals surface area contributed by atoms with Crippen molar-refractivity contribution in [3.05, 3.63) is 16.4 Å². The average Bonchev–Trinajstić information content (AvgIpc) is 1.94. The molecule has 0 fully saturated rings. The number of ether oxygens (including phenoxy) is 1. The summed E-state index contributed by atoms with van der Waals surface area (Å²) < 4.78 is 61.1. The SMILES string of the molecule is Nc1cc(=O)[nH]c(OC(F)(F)F)c1S(=O)(=O)Cl. The monoisotopic (exact) mass is 292 g/mol. The number of H-pyrrole nitrogens is 1. The van der Waals surface area contributed by atoms with Crippen LogP contribution in [-0.2, 0) is 9.05 Å². The number of pyridine rings is 1. The van der Waals surface area contributed by atoms with E-state index in [0.29, 0.717) is 6.07 Å². The highest BCUT2D eigenvalue weighted by atomic mass is 35.7. The molecule has 0 atom stereocenters. The van der Waals surface area contributed by atoms with Crippen LogP contribution >= 0.6 is 10.7 Å². The van der Waals surface area contributed by atoms with Gasteiger partial charge >= 0.3 is 6.36 Å². The van der Waals surface area contributed by atoms with Crippen LogP contribution in [0.15, 0.2) is 15.8 Å². The molecule has 0 bridgehead atoms. The summed E-state index contributed by atoms with van der Waals surface area (Å²) in [6.45, 7) is 0. The molecule has 0 spiro atoms. The molecule has 1 rings (SSSR count). The van der Waals surface area contributed by atoms with Crippen LogP contribution in [0.2, 0.25) is 0 Å². The molecule has 0 aliphatic heterocycles. The summed E-state index contributed by atoms with van der Waals surface area (Å²) in [5.74, 6) is -1.38. The number of alkyl halides is 3. The van der Waals surface area contributed by atoms with Gasteiger partial charge in [0.1, 0.15) is 0 Å². The molecular formula is C6H4ClF3N2O4S. The Morgan fingerprint density at radius 3 is 2.35 bits per heavy atom. The first kappa shape index (κ1) is 13.6. The highest BCUT2D eigenvalue weighted by Gasteiger charge is 2.35. The van der Waals surface area contributed by atoms with Crippen LogP contribution in [0.1, 0.15) is 0 Å². The number of nitrogen functional groups attached to an aromatic ring is 1. The molecule has 0 radical (unpaired) electrons. The quantitative estimate of drug-likeness (QED) is 0.784. The Labute approximate surface area is 96.6 Å². The third-order valence-electron chi connectivity index (χ3n) is 1.45. The van der Waals surface area contributed by atoms with E-state index in [9.17, 15) is 26.4 Å². The minimum atomic E-state index is -5.20. The smallest absolute Gasteiger partial charge is 0.397 e. The topological polar surface area (TPSA) is 102 Å². The van der Waals surface area contributed by atoms with Gasteiger partial charge in [0.05, 0.1) is 5.69 Å². The standard InChI is InChI=1S/C6H4ClF3N2O4S/c7-17(14,15)4-2(11)1-3(13)12-5(4)16-6(8,9)10/h1H,(H3,11,12,13). The minimum absolute atomic E-state index is 0.568. The lowest BCUT2D eigenvalue weighted by atomic mass is 10.4. The van der Waals surface area contributed by atoms with E-state index in [-0.39, 0.29) is 0 Å². The molecule has 0 saturated heterocycles. The number of hydrogen-bond acceptors (Lipinski definition) is 5. The van der Waals surface area contributed by atoms with E-state index in [1.807, 2.05) is 0 Å². The number of aromatic amines is 1. The van der Waals surface area contributed by atoms with Gasteiger partial charge in [-0.25, -0.2) is 8.42 Å². The summed E-state index contributed by atoms with van der Waals surface area (Å²) in [4.78, 5) is 11.3. The van der Waals surface area contributed by atoms with Crippen LogP contribution in [0.5, 0.6) is 5.88 Å². The zero-order valence-electron chi connectivity index (χ0n) is 7.71. The van der Waals surface area contributed by atoms with Crippen molar-refractivity contribution < 1.29 is 26.3 Å². The summed E-state index contributed by atoms with van der Waals surface area (Å²) in [6.07, 6.45) is -5.20. The largest absolute Gasteiger partial charge is 0.574 e. The van der Waals surface area contributed by atoms with Crippen molar-refractivity contribution in [1.29, 1.82) is 0 Å². The summed E-state index contributed by atoms with van der Waals surface area (Å²) in [6, 6.07) is 0.568. The van der Waals surface area contributed by atoms with Gasteiger partial charge in [-0.05, 0) is 0 Å². The van der Waals surface area contributed by atoms with E-state index in [2.05, 4.69) is 4.74 Å². The summed E-state index contributed by atoms with van der Waals surface area (Å²) in [5, 5.41) is 0. The van der Waals surface area contributed by atoms with E-state index < -0.39 is 37.4 Å². The average molecular weight is 293 g/mol. The van der Waals surface area contributed by atoms with Crippen LogP contribution in [0, 0.1) is 0 Å². The van der Waals surface area contributed by atoms with Crippen LogP contribution < -0.4 is 16.0 Å². The molecule has 0 aliphatic carbocycles. The van der Waals surface area contributed by atoms with Crippen LogP contribution in [-0.4, -0.2) is 19.8 Å². The molecule has 3 N–H and O–H groups in total. The maximum Gasteiger partial charge on any atom is 0.574 e. The van der Waals surface area contributed by atoms with E-state index in [1.54, 1.807) is 0 Å². The Morgan fingerprint density at radius 1 is 1.41 bits per heavy atom. The molecule has 17 heavy (non-hydrogen) atoms. The van der Waals surface area contributed by atoms with Gasteiger partial charge in [0.2, 0.25) is 5.88 Å². The fourth-order valence-corrected chi connectivity index (χ4v) is 2.11. The molecule has 0 unspecified atom stereocenters. The molecule has 1 heterocycles. The molecule has 0 amide bonds. The molecule has 11 heteroatoms. The lowest BCUT2D eigenvalue weighted by Crippen LogP contribution is -2.22. The van der Waals surface area contributed by atoms with Crippen LogP contribution in [0.4, 0.5) is 18.9 Å². The highest BCUT2D eigenvalue weighted by Crippen LogP contribution is 2.32. The lowest BCUT2D eigenvalue weighted by molar-refractivity contribution is -0.277. The van der Waals surface area contributed by atoms with Gasteiger partial charge < -0.3 is 10.5 Å². The van der Waals surface area contributed by atoms with Gasteiger partial charge in [-0.15, -0.1) is 13.2 Å². The first-order valence-electron chi connectivity index (χ1n) is 3.74. The van der Waals surface area contributed by atoms with Crippen LogP contribution in [0.3, 0.4) is 0 Å².